The number of anilines is 1. The van der Waals surface area contributed by atoms with Crippen LogP contribution in [-0.2, 0) is 4.74 Å². The van der Waals surface area contributed by atoms with Gasteiger partial charge in [-0.05, 0) is 25.1 Å². The highest BCUT2D eigenvalue weighted by Gasteiger charge is 2.08. The molecular formula is C12H17ClN2O3. The zero-order valence-corrected chi connectivity index (χ0v) is 11.4. The normalized spacial score (nSPS) is 11.8. The molecule has 6 heteroatoms. The first-order chi connectivity index (χ1) is 8.56. The average molecular weight is 273 g/mol. The second-order valence-electron chi connectivity index (χ2n) is 3.80. The molecule has 2 amide bonds. The molecule has 1 aromatic carbocycles. The van der Waals surface area contributed by atoms with Gasteiger partial charge in [0.1, 0.15) is 5.75 Å². The van der Waals surface area contributed by atoms with Gasteiger partial charge in [-0.25, -0.2) is 4.79 Å². The smallest absolute Gasteiger partial charge is 0.319 e. The lowest BCUT2D eigenvalue weighted by Crippen LogP contribution is -2.38. The van der Waals surface area contributed by atoms with E-state index in [0.29, 0.717) is 23.1 Å². The number of carbonyl (C=O) groups excluding carboxylic acids is 1. The first-order valence-corrected chi connectivity index (χ1v) is 5.84. The Kier molecular flexibility index (Phi) is 5.74. The van der Waals surface area contributed by atoms with Crippen LogP contribution in [0.5, 0.6) is 5.75 Å². The van der Waals surface area contributed by atoms with E-state index in [1.54, 1.807) is 25.3 Å². The molecule has 0 aliphatic heterocycles. The topological polar surface area (TPSA) is 59.6 Å². The van der Waals surface area contributed by atoms with Gasteiger partial charge in [-0.15, -0.1) is 0 Å². The Morgan fingerprint density at radius 1 is 1.44 bits per heavy atom. The van der Waals surface area contributed by atoms with Crippen LogP contribution in [0.2, 0.25) is 5.02 Å². The van der Waals surface area contributed by atoms with E-state index in [1.807, 2.05) is 6.92 Å². The maximum Gasteiger partial charge on any atom is 0.319 e. The average Bonchev–Trinajstić information content (AvgIpc) is 2.29. The van der Waals surface area contributed by atoms with E-state index in [1.165, 1.54) is 7.11 Å². The Bertz CT molecular complexity index is 412. The Morgan fingerprint density at radius 3 is 2.72 bits per heavy atom. The molecule has 0 aromatic heterocycles. The van der Waals surface area contributed by atoms with E-state index in [0.717, 1.165) is 0 Å². The molecule has 0 fully saturated rings. The number of halogens is 1. The number of ether oxygens (including phenoxy) is 2. The molecule has 0 saturated carbocycles. The predicted octanol–water partition coefficient (Wildman–Crippen LogP) is 2.51. The molecule has 0 aliphatic carbocycles. The summed E-state index contributed by atoms with van der Waals surface area (Å²) < 4.78 is 9.95. The molecule has 0 heterocycles. The largest absolute Gasteiger partial charge is 0.495 e. The Labute approximate surface area is 111 Å². The maximum absolute atomic E-state index is 11.6. The van der Waals surface area contributed by atoms with Crippen LogP contribution >= 0.6 is 11.6 Å². The Hall–Kier alpha value is -1.46. The summed E-state index contributed by atoms with van der Waals surface area (Å²) >= 11 is 5.95. The number of urea groups is 1. The van der Waals surface area contributed by atoms with Crippen LogP contribution < -0.4 is 15.4 Å². The van der Waals surface area contributed by atoms with Gasteiger partial charge in [-0.2, -0.15) is 0 Å². The molecule has 0 bridgehead atoms. The number of nitrogens with one attached hydrogen (secondary N) is 2. The number of rotatable bonds is 5. The summed E-state index contributed by atoms with van der Waals surface area (Å²) in [5.41, 5.74) is 0.600. The van der Waals surface area contributed by atoms with Crippen LogP contribution in [0.1, 0.15) is 6.92 Å². The molecule has 2 N–H and O–H groups in total. The van der Waals surface area contributed by atoms with Crippen LogP contribution in [0.4, 0.5) is 10.5 Å². The minimum absolute atomic E-state index is 0.0660. The molecule has 1 atom stereocenters. The molecule has 1 rings (SSSR count). The second-order valence-corrected chi connectivity index (χ2v) is 4.21. The fourth-order valence-corrected chi connectivity index (χ4v) is 1.68. The van der Waals surface area contributed by atoms with Crippen LogP contribution in [0.15, 0.2) is 18.2 Å². The van der Waals surface area contributed by atoms with E-state index in [4.69, 9.17) is 21.1 Å². The summed E-state index contributed by atoms with van der Waals surface area (Å²) in [6.45, 7) is 2.31. The molecule has 0 aliphatic rings. The first kappa shape index (κ1) is 14.6. The van der Waals surface area contributed by atoms with Crippen molar-refractivity contribution in [3.05, 3.63) is 23.2 Å². The third-order valence-electron chi connectivity index (χ3n) is 2.20. The quantitative estimate of drug-likeness (QED) is 0.866. The van der Waals surface area contributed by atoms with Gasteiger partial charge < -0.3 is 20.1 Å². The lowest BCUT2D eigenvalue weighted by molar-refractivity contribution is 0.173. The van der Waals surface area contributed by atoms with Gasteiger partial charge >= 0.3 is 6.03 Å². The van der Waals surface area contributed by atoms with Crippen molar-refractivity contribution in [2.45, 2.75) is 13.0 Å². The number of hydrogen-bond donors (Lipinski definition) is 2. The van der Waals surface area contributed by atoms with Crippen LogP contribution in [0.25, 0.3) is 0 Å². The third-order valence-corrected chi connectivity index (χ3v) is 2.50. The molecule has 0 unspecified atom stereocenters. The monoisotopic (exact) mass is 272 g/mol. The van der Waals surface area contributed by atoms with Crippen molar-refractivity contribution in [3.63, 3.8) is 0 Å². The highest BCUT2D eigenvalue weighted by atomic mass is 35.5. The highest BCUT2D eigenvalue weighted by Crippen LogP contribution is 2.27. The van der Waals surface area contributed by atoms with Gasteiger partial charge in [-0.3, -0.25) is 0 Å². The molecular weight excluding hydrogens is 256 g/mol. The summed E-state index contributed by atoms with van der Waals surface area (Å²) in [5.74, 6) is 0.565. The van der Waals surface area contributed by atoms with Gasteiger partial charge in [0.05, 0.1) is 24.8 Å². The summed E-state index contributed by atoms with van der Waals surface area (Å²) in [7, 11) is 3.12. The van der Waals surface area contributed by atoms with Crippen molar-refractivity contribution >= 4 is 23.3 Å². The summed E-state index contributed by atoms with van der Waals surface area (Å²) in [5, 5.41) is 5.85. The molecule has 5 nitrogen and oxygen atoms in total. The summed E-state index contributed by atoms with van der Waals surface area (Å²) in [6.07, 6.45) is 0. The first-order valence-electron chi connectivity index (χ1n) is 5.46. The number of amides is 2. The van der Waals surface area contributed by atoms with Gasteiger partial charge in [0.15, 0.2) is 0 Å². The van der Waals surface area contributed by atoms with Crippen molar-refractivity contribution in [2.75, 3.05) is 26.1 Å². The van der Waals surface area contributed by atoms with E-state index in [9.17, 15) is 4.79 Å². The van der Waals surface area contributed by atoms with Crippen molar-refractivity contribution in [2.24, 2.45) is 0 Å². The fraction of sp³-hybridized carbons (Fsp3) is 0.417. The van der Waals surface area contributed by atoms with Crippen molar-refractivity contribution in [3.8, 4) is 5.75 Å². The van der Waals surface area contributed by atoms with Crippen LogP contribution in [0.3, 0.4) is 0 Å². The molecule has 0 radical (unpaired) electrons. The SMILES string of the molecule is COC[C@H](C)NC(=O)Nc1ccc(OC)c(Cl)c1. The molecule has 0 spiro atoms. The second kappa shape index (κ2) is 7.08. The van der Waals surface area contributed by atoms with Crippen molar-refractivity contribution in [1.29, 1.82) is 0 Å². The molecule has 18 heavy (non-hydrogen) atoms. The van der Waals surface area contributed by atoms with E-state index in [2.05, 4.69) is 10.6 Å². The number of methoxy groups -OCH3 is 2. The lowest BCUT2D eigenvalue weighted by atomic mass is 10.3. The molecule has 100 valence electrons. The zero-order valence-electron chi connectivity index (χ0n) is 10.6. The Balaban J connectivity index is 2.57. The maximum atomic E-state index is 11.6. The zero-order chi connectivity index (χ0) is 13.5. The number of carbonyl (C=O) groups is 1. The highest BCUT2D eigenvalue weighted by molar-refractivity contribution is 6.32. The summed E-state index contributed by atoms with van der Waals surface area (Å²) in [6, 6.07) is 4.66. The minimum atomic E-state index is -0.305. The number of benzene rings is 1. The summed E-state index contributed by atoms with van der Waals surface area (Å²) in [4.78, 5) is 11.6. The predicted molar refractivity (Wildman–Crippen MR) is 71.5 cm³/mol. The standard InChI is InChI=1S/C12H17ClN2O3/c1-8(7-17-2)14-12(16)15-9-4-5-11(18-3)10(13)6-9/h4-6,8H,7H2,1-3H3,(H2,14,15,16)/t8-/m0/s1. The minimum Gasteiger partial charge on any atom is -0.495 e. The van der Waals surface area contributed by atoms with Crippen LogP contribution in [-0.4, -0.2) is 32.9 Å². The fourth-order valence-electron chi connectivity index (χ4n) is 1.43. The van der Waals surface area contributed by atoms with Gasteiger partial charge in [0.25, 0.3) is 0 Å². The Morgan fingerprint density at radius 2 is 2.17 bits per heavy atom. The van der Waals surface area contributed by atoms with E-state index >= 15 is 0 Å². The molecule has 1 aromatic rings. The van der Waals surface area contributed by atoms with Gasteiger partial charge in [0.2, 0.25) is 0 Å². The van der Waals surface area contributed by atoms with E-state index in [-0.39, 0.29) is 12.1 Å². The third kappa shape index (κ3) is 4.43. The van der Waals surface area contributed by atoms with Gasteiger partial charge in [0, 0.05) is 12.8 Å². The van der Waals surface area contributed by atoms with Crippen molar-refractivity contribution in [1.82, 2.24) is 5.32 Å². The van der Waals surface area contributed by atoms with Gasteiger partial charge in [-0.1, -0.05) is 11.6 Å². The van der Waals surface area contributed by atoms with Crippen molar-refractivity contribution < 1.29 is 14.3 Å². The lowest BCUT2D eigenvalue weighted by Gasteiger charge is -2.14. The molecule has 0 saturated heterocycles. The van der Waals surface area contributed by atoms with E-state index < -0.39 is 0 Å². The number of hydrogen-bond acceptors (Lipinski definition) is 3. The van der Waals surface area contributed by atoms with Crippen LogP contribution in [0, 0.1) is 0 Å².